The molecule has 0 fully saturated rings. The molecule has 0 atom stereocenters. The number of phenolic OH excluding ortho intramolecular Hbond substituents is 2. The SMILES string of the molecule is COc1ccc(C(=O)c2ccccc2)c(O)c1-c1ccc(O)c(C(=O)c2ccccc2)c1. The van der Waals surface area contributed by atoms with E-state index in [4.69, 9.17) is 4.74 Å². The molecule has 158 valence electrons. The van der Waals surface area contributed by atoms with Crippen LogP contribution in [0.3, 0.4) is 0 Å². The van der Waals surface area contributed by atoms with Gasteiger partial charge in [-0.1, -0.05) is 66.7 Å². The van der Waals surface area contributed by atoms with Gasteiger partial charge < -0.3 is 14.9 Å². The van der Waals surface area contributed by atoms with Gasteiger partial charge in [-0.2, -0.15) is 0 Å². The zero-order valence-electron chi connectivity index (χ0n) is 17.3. The van der Waals surface area contributed by atoms with Gasteiger partial charge in [-0.05, 0) is 29.8 Å². The highest BCUT2D eigenvalue weighted by atomic mass is 16.5. The molecule has 0 aliphatic rings. The van der Waals surface area contributed by atoms with Crippen molar-refractivity contribution in [1.29, 1.82) is 0 Å². The number of ketones is 2. The van der Waals surface area contributed by atoms with Gasteiger partial charge in [-0.25, -0.2) is 0 Å². The summed E-state index contributed by atoms with van der Waals surface area (Å²) in [5.41, 5.74) is 1.73. The van der Waals surface area contributed by atoms with Gasteiger partial charge in [-0.15, -0.1) is 0 Å². The number of ether oxygens (including phenoxy) is 1. The van der Waals surface area contributed by atoms with Gasteiger partial charge in [0.15, 0.2) is 11.6 Å². The van der Waals surface area contributed by atoms with Crippen molar-refractivity contribution in [3.05, 3.63) is 113 Å². The fourth-order valence-electron chi connectivity index (χ4n) is 3.57. The average Bonchev–Trinajstić information content (AvgIpc) is 2.84. The second-order valence-corrected chi connectivity index (χ2v) is 7.16. The molecule has 0 saturated carbocycles. The predicted molar refractivity (Wildman–Crippen MR) is 122 cm³/mol. The van der Waals surface area contributed by atoms with E-state index in [-0.39, 0.29) is 39.8 Å². The molecule has 4 aromatic carbocycles. The van der Waals surface area contributed by atoms with Gasteiger partial charge in [0.1, 0.15) is 17.2 Å². The molecule has 2 N–H and O–H groups in total. The summed E-state index contributed by atoms with van der Waals surface area (Å²) in [6.07, 6.45) is 0. The van der Waals surface area contributed by atoms with Gasteiger partial charge in [0, 0.05) is 11.1 Å². The van der Waals surface area contributed by atoms with Crippen molar-refractivity contribution in [2.45, 2.75) is 0 Å². The monoisotopic (exact) mass is 424 g/mol. The number of rotatable bonds is 6. The molecule has 0 aromatic heterocycles. The molecule has 0 aliphatic heterocycles. The molecule has 0 unspecified atom stereocenters. The van der Waals surface area contributed by atoms with Crippen molar-refractivity contribution in [2.24, 2.45) is 0 Å². The van der Waals surface area contributed by atoms with E-state index in [1.165, 1.54) is 25.3 Å². The van der Waals surface area contributed by atoms with E-state index >= 15 is 0 Å². The Bertz CT molecular complexity index is 1290. The third-order valence-corrected chi connectivity index (χ3v) is 5.21. The summed E-state index contributed by atoms with van der Waals surface area (Å²) in [6.45, 7) is 0. The minimum Gasteiger partial charge on any atom is -0.507 e. The maximum atomic E-state index is 13.0. The Morgan fingerprint density at radius 3 is 1.81 bits per heavy atom. The second-order valence-electron chi connectivity index (χ2n) is 7.16. The summed E-state index contributed by atoms with van der Waals surface area (Å²) in [6, 6.07) is 24.8. The van der Waals surface area contributed by atoms with Crippen molar-refractivity contribution in [3.8, 4) is 28.4 Å². The molecule has 0 aliphatic carbocycles. The summed E-state index contributed by atoms with van der Waals surface area (Å²) in [5.74, 6) is -0.818. The van der Waals surface area contributed by atoms with Crippen LogP contribution in [0.2, 0.25) is 0 Å². The quantitative estimate of drug-likeness (QED) is 0.414. The van der Waals surface area contributed by atoms with Crippen LogP contribution in [-0.2, 0) is 0 Å². The topological polar surface area (TPSA) is 83.8 Å². The van der Waals surface area contributed by atoms with Gasteiger partial charge in [0.2, 0.25) is 0 Å². The molecular weight excluding hydrogens is 404 g/mol. The van der Waals surface area contributed by atoms with Crippen LogP contribution in [0.5, 0.6) is 17.2 Å². The predicted octanol–water partition coefficient (Wildman–Crippen LogP) is 5.24. The first-order valence-corrected chi connectivity index (χ1v) is 9.94. The number of methoxy groups -OCH3 is 1. The van der Waals surface area contributed by atoms with Crippen molar-refractivity contribution in [2.75, 3.05) is 7.11 Å². The fraction of sp³-hybridized carbons (Fsp3) is 0.0370. The van der Waals surface area contributed by atoms with Gasteiger partial charge in [0.25, 0.3) is 0 Å². The highest BCUT2D eigenvalue weighted by Gasteiger charge is 2.22. The van der Waals surface area contributed by atoms with E-state index in [1.807, 2.05) is 0 Å². The Morgan fingerprint density at radius 2 is 1.25 bits per heavy atom. The minimum atomic E-state index is -0.361. The van der Waals surface area contributed by atoms with E-state index in [9.17, 15) is 19.8 Å². The lowest BCUT2D eigenvalue weighted by molar-refractivity contribution is 0.102. The smallest absolute Gasteiger partial charge is 0.196 e. The van der Waals surface area contributed by atoms with Gasteiger partial charge >= 0.3 is 0 Å². The Labute approximate surface area is 185 Å². The zero-order chi connectivity index (χ0) is 22.7. The molecule has 32 heavy (non-hydrogen) atoms. The van der Waals surface area contributed by atoms with E-state index in [0.717, 1.165) is 0 Å². The molecule has 4 aromatic rings. The first kappa shape index (κ1) is 20.9. The molecule has 0 amide bonds. The standard InChI is InChI=1S/C27H20O5/c1-32-23-15-13-20(25(29)17-8-4-2-5-9-17)27(31)24(23)19-12-14-22(28)21(16-19)26(30)18-10-6-3-7-11-18/h2-16,28,31H,1H3. The summed E-state index contributed by atoms with van der Waals surface area (Å²) in [4.78, 5) is 25.9. The number of benzene rings is 4. The van der Waals surface area contributed by atoms with Crippen LogP contribution < -0.4 is 4.74 Å². The molecule has 0 radical (unpaired) electrons. The highest BCUT2D eigenvalue weighted by Crippen LogP contribution is 2.42. The molecule has 0 heterocycles. The van der Waals surface area contributed by atoms with Gasteiger partial charge in [-0.3, -0.25) is 9.59 Å². The van der Waals surface area contributed by atoms with Crippen LogP contribution in [0.25, 0.3) is 11.1 Å². The van der Waals surface area contributed by atoms with Crippen molar-refractivity contribution in [1.82, 2.24) is 0 Å². The number of carbonyl (C=O) groups is 2. The normalized spacial score (nSPS) is 10.5. The lowest BCUT2D eigenvalue weighted by Crippen LogP contribution is -2.04. The van der Waals surface area contributed by atoms with Crippen LogP contribution in [0.4, 0.5) is 0 Å². The van der Waals surface area contributed by atoms with Crippen molar-refractivity contribution in [3.63, 3.8) is 0 Å². The number of carbonyl (C=O) groups excluding carboxylic acids is 2. The Kier molecular flexibility index (Phi) is 5.73. The maximum absolute atomic E-state index is 13.0. The largest absolute Gasteiger partial charge is 0.507 e. The minimum absolute atomic E-state index is 0.0787. The third-order valence-electron chi connectivity index (χ3n) is 5.21. The molecule has 5 nitrogen and oxygen atoms in total. The first-order valence-electron chi connectivity index (χ1n) is 9.94. The Morgan fingerprint density at radius 1 is 0.688 bits per heavy atom. The number of hydrogen-bond acceptors (Lipinski definition) is 5. The van der Waals surface area contributed by atoms with E-state index in [0.29, 0.717) is 22.4 Å². The van der Waals surface area contributed by atoms with Crippen LogP contribution in [0, 0.1) is 0 Å². The highest BCUT2D eigenvalue weighted by molar-refractivity contribution is 6.13. The Hall–Kier alpha value is -4.38. The number of hydrogen-bond donors (Lipinski definition) is 2. The lowest BCUT2D eigenvalue weighted by Gasteiger charge is -2.15. The summed E-state index contributed by atoms with van der Waals surface area (Å²) in [5, 5.41) is 21.4. The number of phenols is 2. The molecule has 5 heteroatoms. The Balaban J connectivity index is 1.85. The van der Waals surface area contributed by atoms with E-state index < -0.39 is 0 Å². The number of aromatic hydroxyl groups is 2. The van der Waals surface area contributed by atoms with Crippen molar-refractivity contribution >= 4 is 11.6 Å². The lowest BCUT2D eigenvalue weighted by atomic mass is 9.93. The van der Waals surface area contributed by atoms with E-state index in [2.05, 4.69) is 0 Å². The maximum Gasteiger partial charge on any atom is 0.196 e. The van der Waals surface area contributed by atoms with Crippen molar-refractivity contribution < 1.29 is 24.5 Å². The van der Waals surface area contributed by atoms with E-state index in [1.54, 1.807) is 72.8 Å². The average molecular weight is 424 g/mol. The second kappa shape index (κ2) is 8.78. The van der Waals surface area contributed by atoms with Crippen LogP contribution in [0.1, 0.15) is 31.8 Å². The van der Waals surface area contributed by atoms with Crippen LogP contribution >= 0.6 is 0 Å². The molecule has 4 rings (SSSR count). The third kappa shape index (κ3) is 3.84. The molecular formula is C27H20O5. The van der Waals surface area contributed by atoms with Crippen LogP contribution in [-0.4, -0.2) is 28.9 Å². The summed E-state index contributed by atoms with van der Waals surface area (Å²) < 4.78 is 5.42. The summed E-state index contributed by atoms with van der Waals surface area (Å²) >= 11 is 0. The fourth-order valence-corrected chi connectivity index (χ4v) is 3.57. The zero-order valence-corrected chi connectivity index (χ0v) is 17.3. The molecule has 0 bridgehead atoms. The van der Waals surface area contributed by atoms with Crippen LogP contribution in [0.15, 0.2) is 91.0 Å². The molecule has 0 spiro atoms. The molecule has 0 saturated heterocycles. The summed E-state index contributed by atoms with van der Waals surface area (Å²) in [7, 11) is 1.45. The van der Waals surface area contributed by atoms with Gasteiger partial charge in [0.05, 0.1) is 23.8 Å². The first-order chi connectivity index (χ1) is 15.5.